The molecule has 1 aliphatic rings. The zero-order chi connectivity index (χ0) is 29.8. The summed E-state index contributed by atoms with van der Waals surface area (Å²) in [6, 6.07) is 24.5. The van der Waals surface area contributed by atoms with E-state index in [0.717, 1.165) is 61.6 Å². The van der Waals surface area contributed by atoms with E-state index < -0.39 is 0 Å². The molecule has 222 valence electrons. The number of nitrogens with zero attached hydrogens (tertiary/aromatic N) is 4. The Morgan fingerprint density at radius 1 is 0.977 bits per heavy atom. The van der Waals surface area contributed by atoms with Crippen LogP contribution in [-0.2, 0) is 24.1 Å². The molecule has 0 saturated carbocycles. The number of carbonyl (C=O) groups excluding carboxylic acids is 1. The van der Waals surface area contributed by atoms with Gasteiger partial charge >= 0.3 is 0 Å². The van der Waals surface area contributed by atoms with Crippen LogP contribution in [0.3, 0.4) is 0 Å². The first-order valence-corrected chi connectivity index (χ1v) is 14.8. The van der Waals surface area contributed by atoms with Gasteiger partial charge in [0.1, 0.15) is 17.3 Å². The van der Waals surface area contributed by atoms with Gasteiger partial charge in [-0.25, -0.2) is 0 Å². The summed E-state index contributed by atoms with van der Waals surface area (Å²) in [6.07, 6.45) is 5.80. The third-order valence-corrected chi connectivity index (χ3v) is 8.62. The third kappa shape index (κ3) is 5.99. The van der Waals surface area contributed by atoms with Gasteiger partial charge in [-0.3, -0.25) is 14.3 Å². The zero-order valence-electron chi connectivity index (χ0n) is 24.7. The molecule has 6 rings (SSSR count). The summed E-state index contributed by atoms with van der Waals surface area (Å²) in [5.74, 6) is 2.77. The summed E-state index contributed by atoms with van der Waals surface area (Å²) >= 11 is 0. The second kappa shape index (κ2) is 12.7. The Morgan fingerprint density at radius 3 is 2.49 bits per heavy atom. The first-order chi connectivity index (χ1) is 21.1. The van der Waals surface area contributed by atoms with Crippen LogP contribution >= 0.6 is 0 Å². The molecule has 9 nitrogen and oxygen atoms in total. The van der Waals surface area contributed by atoms with Crippen LogP contribution in [0.1, 0.15) is 41.7 Å². The van der Waals surface area contributed by atoms with Crippen molar-refractivity contribution in [2.45, 2.75) is 38.1 Å². The quantitative estimate of drug-likeness (QED) is 0.227. The summed E-state index contributed by atoms with van der Waals surface area (Å²) < 4.78 is 13.6. The Bertz CT molecular complexity index is 1690. The molecular weight excluding hydrogens is 540 g/mol. The van der Waals surface area contributed by atoms with Gasteiger partial charge in [-0.2, -0.15) is 0 Å². The number of nitrogens with two attached hydrogens (primary N) is 1. The molecule has 1 saturated heterocycles. The zero-order valence-corrected chi connectivity index (χ0v) is 24.7. The van der Waals surface area contributed by atoms with Crippen LogP contribution < -0.4 is 15.2 Å². The van der Waals surface area contributed by atoms with E-state index in [9.17, 15) is 4.79 Å². The van der Waals surface area contributed by atoms with Gasteiger partial charge in [-0.05, 0) is 68.1 Å². The summed E-state index contributed by atoms with van der Waals surface area (Å²) in [4.78, 5) is 17.9. The molecule has 0 bridgehead atoms. The number of aromatic nitrogens is 4. The highest BCUT2D eigenvalue weighted by atomic mass is 16.5. The van der Waals surface area contributed by atoms with Crippen molar-refractivity contribution >= 4 is 16.8 Å². The highest BCUT2D eigenvalue weighted by molar-refractivity contribution is 5.83. The van der Waals surface area contributed by atoms with Crippen LogP contribution in [-0.4, -0.2) is 57.9 Å². The van der Waals surface area contributed by atoms with Gasteiger partial charge < -0.3 is 20.2 Å². The first-order valence-electron chi connectivity index (χ1n) is 14.8. The maximum atomic E-state index is 12.0. The predicted octanol–water partition coefficient (Wildman–Crippen LogP) is 5.03. The lowest BCUT2D eigenvalue weighted by Crippen LogP contribution is -2.41. The van der Waals surface area contributed by atoms with Gasteiger partial charge in [-0.1, -0.05) is 48.5 Å². The van der Waals surface area contributed by atoms with Crippen molar-refractivity contribution in [3.8, 4) is 17.2 Å². The fourth-order valence-electron chi connectivity index (χ4n) is 6.23. The maximum absolute atomic E-state index is 12.0. The SMILES string of the molecule is COc1ccc(-n2c(CCc3ccccc3)nnc2[C@@H](Cc2c[nH]c3ccccc23)N2CCC(C(N)=O)CC2)c(OC)c1. The minimum Gasteiger partial charge on any atom is -0.497 e. The number of amides is 1. The molecule has 0 unspecified atom stereocenters. The van der Waals surface area contributed by atoms with Crippen LogP contribution in [0.25, 0.3) is 16.6 Å². The number of aromatic amines is 1. The molecule has 0 spiro atoms. The molecule has 3 heterocycles. The van der Waals surface area contributed by atoms with E-state index in [0.29, 0.717) is 17.9 Å². The summed E-state index contributed by atoms with van der Waals surface area (Å²) in [5, 5.41) is 10.9. The van der Waals surface area contributed by atoms with Gasteiger partial charge in [0.15, 0.2) is 5.82 Å². The topological polar surface area (TPSA) is 111 Å². The Hall–Kier alpha value is -4.63. The first kappa shape index (κ1) is 28.5. The van der Waals surface area contributed by atoms with Crippen molar-refractivity contribution in [3.05, 3.63) is 102 Å². The van der Waals surface area contributed by atoms with E-state index in [4.69, 9.17) is 25.4 Å². The molecular formula is C34H38N6O3. The molecule has 43 heavy (non-hydrogen) atoms. The predicted molar refractivity (Wildman–Crippen MR) is 167 cm³/mol. The Kier molecular flexibility index (Phi) is 8.42. The number of H-pyrrole nitrogens is 1. The van der Waals surface area contributed by atoms with Crippen LogP contribution in [0.15, 0.2) is 79.0 Å². The number of aryl methyl sites for hydroxylation is 2. The molecule has 3 aromatic carbocycles. The third-order valence-electron chi connectivity index (χ3n) is 8.62. The number of primary amides is 1. The van der Waals surface area contributed by atoms with E-state index in [1.54, 1.807) is 14.2 Å². The van der Waals surface area contributed by atoms with Crippen molar-refractivity contribution in [1.29, 1.82) is 0 Å². The van der Waals surface area contributed by atoms with Gasteiger partial charge in [0.05, 0.1) is 25.9 Å². The summed E-state index contributed by atoms with van der Waals surface area (Å²) in [6.45, 7) is 1.49. The highest BCUT2D eigenvalue weighted by Gasteiger charge is 2.33. The Morgan fingerprint density at radius 2 is 1.74 bits per heavy atom. The minimum atomic E-state index is -0.220. The monoisotopic (exact) mass is 578 g/mol. The molecule has 3 N–H and O–H groups in total. The van der Waals surface area contributed by atoms with Crippen LogP contribution in [0.2, 0.25) is 0 Å². The summed E-state index contributed by atoms with van der Waals surface area (Å²) in [5.41, 5.74) is 10.1. The number of piperidine rings is 1. The van der Waals surface area contributed by atoms with E-state index in [2.05, 4.69) is 63.1 Å². The molecule has 1 atom stereocenters. The molecule has 9 heteroatoms. The maximum Gasteiger partial charge on any atom is 0.220 e. The lowest BCUT2D eigenvalue weighted by atomic mass is 9.93. The molecule has 1 aliphatic heterocycles. The summed E-state index contributed by atoms with van der Waals surface area (Å²) in [7, 11) is 3.32. The van der Waals surface area contributed by atoms with Gasteiger partial charge in [-0.15, -0.1) is 10.2 Å². The van der Waals surface area contributed by atoms with Crippen molar-refractivity contribution in [1.82, 2.24) is 24.6 Å². The minimum absolute atomic E-state index is 0.0992. The van der Waals surface area contributed by atoms with Gasteiger partial charge in [0, 0.05) is 35.5 Å². The van der Waals surface area contributed by atoms with Crippen molar-refractivity contribution < 1.29 is 14.3 Å². The average molecular weight is 579 g/mol. The fourth-order valence-corrected chi connectivity index (χ4v) is 6.23. The fraction of sp³-hybridized carbons (Fsp3) is 0.324. The smallest absolute Gasteiger partial charge is 0.220 e. The van der Waals surface area contributed by atoms with Crippen LogP contribution in [0.4, 0.5) is 0 Å². The van der Waals surface area contributed by atoms with Gasteiger partial charge in [0.2, 0.25) is 5.91 Å². The van der Waals surface area contributed by atoms with E-state index in [1.807, 2.05) is 30.3 Å². The number of benzene rings is 3. The van der Waals surface area contributed by atoms with Crippen molar-refractivity contribution in [2.24, 2.45) is 11.7 Å². The van der Waals surface area contributed by atoms with E-state index in [1.165, 1.54) is 16.5 Å². The van der Waals surface area contributed by atoms with Crippen LogP contribution in [0, 0.1) is 5.92 Å². The second-order valence-electron chi connectivity index (χ2n) is 11.1. The molecule has 2 aromatic heterocycles. The number of hydrogen-bond acceptors (Lipinski definition) is 6. The number of para-hydroxylation sites is 1. The van der Waals surface area contributed by atoms with E-state index in [-0.39, 0.29) is 17.9 Å². The van der Waals surface area contributed by atoms with Crippen molar-refractivity contribution in [3.63, 3.8) is 0 Å². The largest absolute Gasteiger partial charge is 0.497 e. The lowest BCUT2D eigenvalue weighted by Gasteiger charge is -2.36. The van der Waals surface area contributed by atoms with Crippen molar-refractivity contribution in [2.75, 3.05) is 27.3 Å². The number of ether oxygens (including phenoxy) is 2. The molecule has 0 radical (unpaired) electrons. The average Bonchev–Trinajstić information content (AvgIpc) is 3.66. The number of nitrogens with one attached hydrogen (secondary N) is 1. The highest BCUT2D eigenvalue weighted by Crippen LogP contribution is 2.36. The molecule has 0 aliphatic carbocycles. The number of rotatable bonds is 11. The molecule has 1 amide bonds. The molecule has 5 aromatic rings. The second-order valence-corrected chi connectivity index (χ2v) is 11.1. The van der Waals surface area contributed by atoms with E-state index >= 15 is 0 Å². The Balaban J connectivity index is 1.45. The number of fused-ring (bicyclic) bond motifs is 1. The van der Waals surface area contributed by atoms with Crippen LogP contribution in [0.5, 0.6) is 11.5 Å². The standard InChI is InChI=1S/C34H38N6O3/c1-42-26-13-14-29(31(21-26)43-2)40-32(15-12-23-8-4-3-5-9-23)37-38-34(40)30(39-18-16-24(17-19-39)33(35)41)20-25-22-36-28-11-7-6-10-27(25)28/h3-11,13-14,21-22,24,30,36H,12,15-20H2,1-2H3,(H2,35,41)/t30-/m1/s1. The number of likely N-dealkylation sites (tertiary alicyclic amines) is 1. The number of methoxy groups -OCH3 is 2. The number of hydrogen-bond donors (Lipinski definition) is 2. The number of carbonyl (C=O) groups is 1. The normalized spacial score (nSPS) is 15.0. The van der Waals surface area contributed by atoms with Gasteiger partial charge in [0.25, 0.3) is 0 Å². The Labute approximate surface area is 251 Å². The lowest BCUT2D eigenvalue weighted by molar-refractivity contribution is -0.123. The molecule has 1 fully saturated rings.